The maximum atomic E-state index is 13.2. The Bertz CT molecular complexity index is 1630. The van der Waals surface area contributed by atoms with Crippen LogP contribution in [0.4, 0.5) is 10.5 Å². The molecule has 1 aliphatic rings. The van der Waals surface area contributed by atoms with Crippen LogP contribution in [-0.2, 0) is 16.2 Å². The van der Waals surface area contributed by atoms with Gasteiger partial charge in [0.25, 0.3) is 11.8 Å². The van der Waals surface area contributed by atoms with Crippen LogP contribution in [0.2, 0.25) is 0 Å². The summed E-state index contributed by atoms with van der Waals surface area (Å²) in [4.78, 5) is 39.3. The molecule has 8 heteroatoms. The predicted molar refractivity (Wildman–Crippen MR) is 149 cm³/mol. The maximum Gasteiger partial charge on any atom is 0.335 e. The summed E-state index contributed by atoms with van der Waals surface area (Å²) >= 11 is 3.41. The normalized spacial score (nSPS) is 14.7. The molecule has 0 unspecified atom stereocenters. The van der Waals surface area contributed by atoms with Gasteiger partial charge in [0.2, 0.25) is 0 Å². The molecule has 1 heterocycles. The van der Waals surface area contributed by atoms with Gasteiger partial charge >= 0.3 is 6.03 Å². The molecule has 5 rings (SSSR count). The minimum Gasteiger partial charge on any atom is -0.493 e. The number of aryl methyl sites for hydroxylation is 1. The highest BCUT2D eigenvalue weighted by molar-refractivity contribution is 9.10. The number of benzene rings is 4. The third kappa shape index (κ3) is 5.03. The van der Waals surface area contributed by atoms with Gasteiger partial charge in [-0.1, -0.05) is 58.4 Å². The van der Waals surface area contributed by atoms with Crippen molar-refractivity contribution in [2.24, 2.45) is 0 Å². The monoisotopic (exact) mass is 570 g/mol. The molecule has 1 N–H and O–H groups in total. The molecule has 1 aliphatic heterocycles. The Balaban J connectivity index is 1.38. The van der Waals surface area contributed by atoms with Crippen LogP contribution in [0.25, 0.3) is 16.8 Å². The first-order valence-corrected chi connectivity index (χ1v) is 12.6. The summed E-state index contributed by atoms with van der Waals surface area (Å²) in [6.07, 6.45) is 1.43. The number of methoxy groups -OCH3 is 1. The number of barbiturate groups is 1. The summed E-state index contributed by atoms with van der Waals surface area (Å²) in [7, 11) is 1.52. The number of ether oxygens (including phenoxy) is 2. The Hall–Kier alpha value is -4.43. The third-order valence-corrected chi connectivity index (χ3v) is 7.10. The zero-order valence-electron chi connectivity index (χ0n) is 20.7. The van der Waals surface area contributed by atoms with Crippen LogP contribution in [0.1, 0.15) is 16.7 Å². The Kier molecular flexibility index (Phi) is 6.98. The number of halogens is 1. The van der Waals surface area contributed by atoms with Crippen LogP contribution >= 0.6 is 15.9 Å². The average Bonchev–Trinajstić information content (AvgIpc) is 2.91. The number of fused-ring (bicyclic) bond motifs is 1. The number of carbonyl (C=O) groups excluding carboxylic acids is 3. The van der Waals surface area contributed by atoms with Crippen molar-refractivity contribution < 1.29 is 23.9 Å². The van der Waals surface area contributed by atoms with E-state index in [4.69, 9.17) is 9.47 Å². The van der Waals surface area contributed by atoms with Crippen molar-refractivity contribution in [3.63, 3.8) is 0 Å². The summed E-state index contributed by atoms with van der Waals surface area (Å²) in [5.74, 6) is -0.513. The number of imide groups is 2. The van der Waals surface area contributed by atoms with E-state index < -0.39 is 17.8 Å². The largest absolute Gasteiger partial charge is 0.493 e. The van der Waals surface area contributed by atoms with E-state index in [0.717, 1.165) is 31.3 Å². The molecule has 4 amide bonds. The highest BCUT2D eigenvalue weighted by atomic mass is 79.9. The molecule has 0 bridgehead atoms. The highest BCUT2D eigenvalue weighted by Crippen LogP contribution is 2.31. The Morgan fingerprint density at radius 3 is 2.45 bits per heavy atom. The second-order valence-corrected chi connectivity index (χ2v) is 9.63. The quantitative estimate of drug-likeness (QED) is 0.221. The van der Waals surface area contributed by atoms with E-state index in [1.165, 1.54) is 13.2 Å². The number of nitrogens with one attached hydrogen (secondary N) is 1. The number of nitrogens with zero attached hydrogens (tertiary/aromatic N) is 1. The molecular formula is C30H23BrN2O5. The van der Waals surface area contributed by atoms with Crippen LogP contribution in [0.15, 0.2) is 88.9 Å². The van der Waals surface area contributed by atoms with E-state index in [0.29, 0.717) is 29.4 Å². The number of rotatable bonds is 6. The van der Waals surface area contributed by atoms with Crippen LogP contribution in [0.3, 0.4) is 0 Å². The van der Waals surface area contributed by atoms with Crippen molar-refractivity contribution in [1.82, 2.24) is 5.32 Å². The van der Waals surface area contributed by atoms with Gasteiger partial charge < -0.3 is 9.47 Å². The molecule has 4 aromatic rings. The fourth-order valence-corrected chi connectivity index (χ4v) is 4.46. The van der Waals surface area contributed by atoms with E-state index in [1.54, 1.807) is 36.4 Å². The topological polar surface area (TPSA) is 84.9 Å². The molecule has 190 valence electrons. The number of anilines is 1. The maximum absolute atomic E-state index is 13.2. The molecule has 0 atom stereocenters. The van der Waals surface area contributed by atoms with E-state index in [1.807, 2.05) is 25.1 Å². The van der Waals surface area contributed by atoms with Gasteiger partial charge in [-0.05, 0) is 76.9 Å². The molecule has 1 fully saturated rings. The lowest BCUT2D eigenvalue weighted by atomic mass is 10.1. The standard InChI is InChI=1S/C30H23BrN2O5/c1-18-13-23(10-11-25(18)31)33-29(35)24(28(34)32-30(33)36)15-19-8-12-26(27(16-19)37-2)38-17-20-7-9-21-5-3-4-6-22(21)14-20/h3-16H,17H2,1-2H3,(H,32,34,36)/b24-15+. The molecule has 0 radical (unpaired) electrons. The summed E-state index contributed by atoms with van der Waals surface area (Å²) in [6, 6.07) is 23.6. The third-order valence-electron chi connectivity index (χ3n) is 6.21. The first kappa shape index (κ1) is 25.2. The fourth-order valence-electron chi connectivity index (χ4n) is 4.21. The van der Waals surface area contributed by atoms with Crippen molar-refractivity contribution in [1.29, 1.82) is 0 Å². The van der Waals surface area contributed by atoms with Gasteiger partial charge in [0, 0.05) is 4.47 Å². The van der Waals surface area contributed by atoms with Gasteiger partial charge in [0.15, 0.2) is 11.5 Å². The Morgan fingerprint density at radius 1 is 0.895 bits per heavy atom. The van der Waals surface area contributed by atoms with Gasteiger partial charge in [-0.3, -0.25) is 14.9 Å². The fraction of sp³-hybridized carbons (Fsp3) is 0.100. The second-order valence-electron chi connectivity index (χ2n) is 8.77. The van der Waals surface area contributed by atoms with E-state index >= 15 is 0 Å². The second kappa shape index (κ2) is 10.5. The number of carbonyl (C=O) groups is 3. The van der Waals surface area contributed by atoms with Crippen LogP contribution in [0, 0.1) is 6.92 Å². The Morgan fingerprint density at radius 2 is 1.68 bits per heavy atom. The lowest BCUT2D eigenvalue weighted by molar-refractivity contribution is -0.122. The molecule has 1 saturated heterocycles. The molecule has 0 saturated carbocycles. The lowest BCUT2D eigenvalue weighted by Gasteiger charge is -2.26. The van der Waals surface area contributed by atoms with Crippen molar-refractivity contribution >= 4 is 56.3 Å². The SMILES string of the molecule is COc1cc(/C=C2\C(=O)NC(=O)N(c3ccc(Br)c(C)c3)C2=O)ccc1OCc1ccc2ccccc2c1. The average molecular weight is 571 g/mol. The van der Waals surface area contributed by atoms with Gasteiger partial charge in [-0.25, -0.2) is 9.69 Å². The van der Waals surface area contributed by atoms with Gasteiger partial charge in [0.1, 0.15) is 12.2 Å². The molecule has 0 aromatic heterocycles. The van der Waals surface area contributed by atoms with Gasteiger partial charge in [-0.2, -0.15) is 0 Å². The van der Waals surface area contributed by atoms with Crippen molar-refractivity contribution in [3.05, 3.63) is 106 Å². The van der Waals surface area contributed by atoms with E-state index in [9.17, 15) is 14.4 Å². The van der Waals surface area contributed by atoms with Crippen molar-refractivity contribution in [2.45, 2.75) is 13.5 Å². The van der Waals surface area contributed by atoms with Crippen LogP contribution < -0.4 is 19.7 Å². The van der Waals surface area contributed by atoms with E-state index in [2.05, 4.69) is 45.5 Å². The molecule has 0 aliphatic carbocycles. The van der Waals surface area contributed by atoms with Gasteiger partial charge in [0.05, 0.1) is 12.8 Å². The molecule has 4 aromatic carbocycles. The minimum absolute atomic E-state index is 0.169. The molecule has 7 nitrogen and oxygen atoms in total. The zero-order valence-corrected chi connectivity index (χ0v) is 22.2. The predicted octanol–water partition coefficient (Wildman–Crippen LogP) is 6.16. The Labute approximate surface area is 227 Å². The van der Waals surface area contributed by atoms with Gasteiger partial charge in [-0.15, -0.1) is 0 Å². The van der Waals surface area contributed by atoms with E-state index in [-0.39, 0.29) is 5.57 Å². The van der Waals surface area contributed by atoms with Crippen molar-refractivity contribution in [2.75, 3.05) is 12.0 Å². The number of hydrogen-bond acceptors (Lipinski definition) is 5. The zero-order chi connectivity index (χ0) is 26.8. The van der Waals surface area contributed by atoms with Crippen LogP contribution in [0.5, 0.6) is 11.5 Å². The number of hydrogen-bond donors (Lipinski definition) is 1. The van der Waals surface area contributed by atoms with Crippen molar-refractivity contribution in [3.8, 4) is 11.5 Å². The number of amides is 4. The molecule has 0 spiro atoms. The summed E-state index contributed by atoms with van der Waals surface area (Å²) in [5.41, 5.74) is 2.59. The number of urea groups is 1. The summed E-state index contributed by atoms with van der Waals surface area (Å²) in [5, 5.41) is 4.53. The molecular weight excluding hydrogens is 548 g/mol. The summed E-state index contributed by atoms with van der Waals surface area (Å²) in [6.45, 7) is 2.18. The lowest BCUT2D eigenvalue weighted by Crippen LogP contribution is -2.54. The van der Waals surface area contributed by atoms with Crippen LogP contribution in [-0.4, -0.2) is 25.0 Å². The smallest absolute Gasteiger partial charge is 0.335 e. The molecule has 38 heavy (non-hydrogen) atoms. The first-order valence-electron chi connectivity index (χ1n) is 11.8. The minimum atomic E-state index is -0.797. The highest BCUT2D eigenvalue weighted by Gasteiger charge is 2.37. The first-order chi connectivity index (χ1) is 18.3. The summed E-state index contributed by atoms with van der Waals surface area (Å²) < 4.78 is 12.4.